The van der Waals surface area contributed by atoms with Crippen LogP contribution in [0.5, 0.6) is 0 Å². The topological polar surface area (TPSA) is 58.9 Å². The molecule has 0 amide bonds. The standard InChI is InChI=1S/C10H8FNO3/c11-7-4-2-1-3-6(7)9-12-5-8(15-9)10(13)14/h1-4,8H,5H2,(H,13,14). The van der Waals surface area contributed by atoms with E-state index in [-0.39, 0.29) is 18.0 Å². The number of rotatable bonds is 2. The van der Waals surface area contributed by atoms with E-state index in [1.165, 1.54) is 12.1 Å². The first-order chi connectivity index (χ1) is 7.18. The van der Waals surface area contributed by atoms with Crippen LogP contribution in [-0.2, 0) is 9.53 Å². The molecule has 1 heterocycles. The molecule has 0 saturated carbocycles. The van der Waals surface area contributed by atoms with Gasteiger partial charge in [0.25, 0.3) is 0 Å². The molecule has 15 heavy (non-hydrogen) atoms. The molecular formula is C10H8FNO3. The second kappa shape index (κ2) is 3.68. The molecule has 0 saturated heterocycles. The number of hydrogen-bond acceptors (Lipinski definition) is 3. The van der Waals surface area contributed by atoms with E-state index in [4.69, 9.17) is 9.84 Å². The Labute approximate surface area is 85.0 Å². The number of carbonyl (C=O) groups is 1. The number of aliphatic imine (C=N–C) groups is 1. The molecule has 1 aliphatic heterocycles. The lowest BCUT2D eigenvalue weighted by atomic mass is 10.2. The van der Waals surface area contributed by atoms with Crippen LogP contribution in [0.3, 0.4) is 0 Å². The fourth-order valence-corrected chi connectivity index (χ4v) is 1.29. The summed E-state index contributed by atoms with van der Waals surface area (Å²) in [5, 5.41) is 8.66. The van der Waals surface area contributed by atoms with Gasteiger partial charge in [-0.2, -0.15) is 0 Å². The van der Waals surface area contributed by atoms with Crippen molar-refractivity contribution in [3.8, 4) is 0 Å². The van der Waals surface area contributed by atoms with Crippen LogP contribution in [-0.4, -0.2) is 29.6 Å². The predicted molar refractivity (Wildman–Crippen MR) is 50.3 cm³/mol. The van der Waals surface area contributed by atoms with Crippen LogP contribution in [0.4, 0.5) is 4.39 Å². The summed E-state index contributed by atoms with van der Waals surface area (Å²) in [7, 11) is 0. The summed E-state index contributed by atoms with van der Waals surface area (Å²) in [6.07, 6.45) is -1.00. The average Bonchev–Trinajstić information content (AvgIpc) is 2.67. The molecule has 5 heteroatoms. The summed E-state index contributed by atoms with van der Waals surface area (Å²) in [6, 6.07) is 5.95. The molecule has 1 aliphatic rings. The maximum atomic E-state index is 13.3. The highest BCUT2D eigenvalue weighted by molar-refractivity contribution is 5.97. The molecule has 1 N–H and O–H groups in total. The van der Waals surface area contributed by atoms with Crippen molar-refractivity contribution in [2.75, 3.05) is 6.54 Å². The van der Waals surface area contributed by atoms with Gasteiger partial charge < -0.3 is 9.84 Å². The Morgan fingerprint density at radius 3 is 2.87 bits per heavy atom. The third-order valence-corrected chi connectivity index (χ3v) is 2.03. The summed E-state index contributed by atoms with van der Waals surface area (Å²) >= 11 is 0. The van der Waals surface area contributed by atoms with Gasteiger partial charge >= 0.3 is 5.97 Å². The van der Waals surface area contributed by atoms with E-state index in [2.05, 4.69) is 4.99 Å². The van der Waals surface area contributed by atoms with Crippen molar-refractivity contribution < 1.29 is 19.0 Å². The minimum atomic E-state index is -1.09. The zero-order valence-electron chi connectivity index (χ0n) is 7.68. The number of benzene rings is 1. The Hall–Kier alpha value is -1.91. The lowest BCUT2D eigenvalue weighted by Crippen LogP contribution is -2.24. The third-order valence-electron chi connectivity index (χ3n) is 2.03. The second-order valence-corrected chi connectivity index (χ2v) is 3.07. The molecule has 0 aliphatic carbocycles. The Morgan fingerprint density at radius 1 is 1.53 bits per heavy atom. The van der Waals surface area contributed by atoms with E-state index in [9.17, 15) is 9.18 Å². The maximum absolute atomic E-state index is 13.3. The molecule has 1 atom stereocenters. The van der Waals surface area contributed by atoms with Gasteiger partial charge in [-0.1, -0.05) is 12.1 Å². The van der Waals surface area contributed by atoms with Gasteiger partial charge in [-0.05, 0) is 12.1 Å². The van der Waals surface area contributed by atoms with Crippen molar-refractivity contribution in [3.63, 3.8) is 0 Å². The second-order valence-electron chi connectivity index (χ2n) is 3.07. The molecule has 0 spiro atoms. The van der Waals surface area contributed by atoms with Crippen molar-refractivity contribution in [1.29, 1.82) is 0 Å². The number of ether oxygens (including phenoxy) is 1. The Bertz CT molecular complexity index is 430. The van der Waals surface area contributed by atoms with Crippen molar-refractivity contribution in [1.82, 2.24) is 0 Å². The van der Waals surface area contributed by atoms with Crippen molar-refractivity contribution in [2.24, 2.45) is 4.99 Å². The van der Waals surface area contributed by atoms with Gasteiger partial charge in [-0.25, -0.2) is 14.2 Å². The largest absolute Gasteiger partial charge is 0.478 e. The van der Waals surface area contributed by atoms with E-state index in [0.717, 1.165) is 0 Å². The van der Waals surface area contributed by atoms with Gasteiger partial charge in [0, 0.05) is 0 Å². The van der Waals surface area contributed by atoms with Crippen LogP contribution >= 0.6 is 0 Å². The number of halogens is 1. The molecular weight excluding hydrogens is 201 g/mol. The maximum Gasteiger partial charge on any atom is 0.346 e. The van der Waals surface area contributed by atoms with E-state index in [1.807, 2.05) is 0 Å². The highest BCUT2D eigenvalue weighted by atomic mass is 19.1. The first kappa shape index (κ1) is 9.64. The van der Waals surface area contributed by atoms with Crippen LogP contribution in [0.15, 0.2) is 29.3 Å². The molecule has 0 radical (unpaired) electrons. The molecule has 78 valence electrons. The van der Waals surface area contributed by atoms with Gasteiger partial charge in [0.05, 0.1) is 12.1 Å². The number of aliphatic carboxylic acids is 1. The summed E-state index contributed by atoms with van der Waals surface area (Å²) < 4.78 is 18.3. The lowest BCUT2D eigenvalue weighted by molar-refractivity contribution is -0.144. The van der Waals surface area contributed by atoms with Crippen LogP contribution in [0.1, 0.15) is 5.56 Å². The van der Waals surface area contributed by atoms with Gasteiger partial charge in [0.15, 0.2) is 0 Å². The normalized spacial score (nSPS) is 19.5. The summed E-state index contributed by atoms with van der Waals surface area (Å²) in [5.74, 6) is -1.51. The Balaban J connectivity index is 2.21. The van der Waals surface area contributed by atoms with Gasteiger partial charge in [0.1, 0.15) is 5.82 Å². The number of hydrogen-bond donors (Lipinski definition) is 1. The fraction of sp³-hybridized carbons (Fsp3) is 0.200. The van der Waals surface area contributed by atoms with Crippen LogP contribution in [0.25, 0.3) is 0 Å². The number of nitrogens with zero attached hydrogens (tertiary/aromatic N) is 1. The van der Waals surface area contributed by atoms with Crippen LogP contribution in [0, 0.1) is 5.82 Å². The van der Waals surface area contributed by atoms with Gasteiger partial charge in [-0.3, -0.25) is 0 Å². The van der Waals surface area contributed by atoms with Gasteiger partial charge in [0.2, 0.25) is 12.0 Å². The fourth-order valence-electron chi connectivity index (χ4n) is 1.29. The highest BCUT2D eigenvalue weighted by Crippen LogP contribution is 2.15. The van der Waals surface area contributed by atoms with Crippen molar-refractivity contribution in [2.45, 2.75) is 6.10 Å². The monoisotopic (exact) mass is 209 g/mol. The van der Waals surface area contributed by atoms with Crippen LogP contribution in [0.2, 0.25) is 0 Å². The summed E-state index contributed by atoms with van der Waals surface area (Å²) in [6.45, 7) is 0.0268. The summed E-state index contributed by atoms with van der Waals surface area (Å²) in [4.78, 5) is 14.4. The number of carboxylic acids is 1. The van der Waals surface area contributed by atoms with Crippen molar-refractivity contribution in [3.05, 3.63) is 35.6 Å². The van der Waals surface area contributed by atoms with Crippen molar-refractivity contribution >= 4 is 11.9 Å². The van der Waals surface area contributed by atoms with Gasteiger partial charge in [-0.15, -0.1) is 0 Å². The minimum Gasteiger partial charge on any atom is -0.478 e. The van der Waals surface area contributed by atoms with E-state index < -0.39 is 17.9 Å². The quantitative estimate of drug-likeness (QED) is 0.792. The lowest BCUT2D eigenvalue weighted by Gasteiger charge is -2.06. The van der Waals surface area contributed by atoms with E-state index in [0.29, 0.717) is 0 Å². The molecule has 1 unspecified atom stereocenters. The molecule has 0 aromatic heterocycles. The highest BCUT2D eigenvalue weighted by Gasteiger charge is 2.28. The predicted octanol–water partition coefficient (Wildman–Crippen LogP) is 1.06. The molecule has 4 nitrogen and oxygen atoms in total. The summed E-state index contributed by atoms with van der Waals surface area (Å²) in [5.41, 5.74) is 0.196. The molecule has 1 aromatic rings. The van der Waals surface area contributed by atoms with Crippen LogP contribution < -0.4 is 0 Å². The molecule has 0 fully saturated rings. The molecule has 2 rings (SSSR count). The Morgan fingerprint density at radius 2 is 2.27 bits per heavy atom. The zero-order valence-corrected chi connectivity index (χ0v) is 7.68. The molecule has 0 bridgehead atoms. The number of carboxylic acid groups (broad SMARTS) is 1. The minimum absolute atomic E-state index is 0.0268. The average molecular weight is 209 g/mol. The SMILES string of the molecule is O=C(O)C1CN=C(c2ccccc2F)O1. The smallest absolute Gasteiger partial charge is 0.346 e. The van der Waals surface area contributed by atoms with E-state index in [1.54, 1.807) is 12.1 Å². The zero-order chi connectivity index (χ0) is 10.8. The first-order valence-electron chi connectivity index (χ1n) is 4.37. The van der Waals surface area contributed by atoms with E-state index >= 15 is 0 Å². The third kappa shape index (κ3) is 1.81. The molecule has 1 aromatic carbocycles. The first-order valence-corrected chi connectivity index (χ1v) is 4.37. The Kier molecular flexibility index (Phi) is 2.37.